The van der Waals surface area contributed by atoms with Crippen molar-refractivity contribution in [3.8, 4) is 0 Å². The van der Waals surface area contributed by atoms with Crippen molar-refractivity contribution in [2.75, 3.05) is 0 Å². The molecule has 2 aromatic rings. The summed E-state index contributed by atoms with van der Waals surface area (Å²) in [7, 11) is 0. The Morgan fingerprint density at radius 2 is 1.71 bits per heavy atom. The Morgan fingerprint density at radius 3 is 2.29 bits per heavy atom. The van der Waals surface area contributed by atoms with Crippen LogP contribution in [0.15, 0.2) is 39.9 Å². The van der Waals surface area contributed by atoms with Crippen LogP contribution in [0.2, 0.25) is 0 Å². The van der Waals surface area contributed by atoms with E-state index in [0.717, 1.165) is 21.4 Å². The fourth-order valence-corrected chi connectivity index (χ4v) is 2.03. The highest BCUT2D eigenvalue weighted by Gasteiger charge is 2.09. The van der Waals surface area contributed by atoms with Crippen LogP contribution in [0.5, 0.6) is 0 Å². The lowest BCUT2D eigenvalue weighted by Gasteiger charge is -2.04. The van der Waals surface area contributed by atoms with Crippen LogP contribution in [-0.4, -0.2) is 21.6 Å². The minimum absolute atomic E-state index is 0.125. The minimum atomic E-state index is -0.418. The van der Waals surface area contributed by atoms with E-state index in [0.29, 0.717) is 5.71 Å². The van der Waals surface area contributed by atoms with Gasteiger partial charge in [-0.1, -0.05) is 28.1 Å². The van der Waals surface area contributed by atoms with E-state index < -0.39 is 5.91 Å². The summed E-state index contributed by atoms with van der Waals surface area (Å²) in [6.45, 7) is 5.47. The van der Waals surface area contributed by atoms with Crippen LogP contribution in [0.25, 0.3) is 0 Å². The van der Waals surface area contributed by atoms with Gasteiger partial charge in [0.1, 0.15) is 0 Å². The number of aromatic nitrogens is 2. The van der Waals surface area contributed by atoms with E-state index in [9.17, 15) is 4.79 Å². The van der Waals surface area contributed by atoms with Gasteiger partial charge in [-0.15, -0.1) is 0 Å². The molecule has 108 valence electrons. The number of hydrogen-bond donors (Lipinski definition) is 1. The molecule has 0 fully saturated rings. The summed E-state index contributed by atoms with van der Waals surface area (Å²) in [5.74, 6) is -0.293. The van der Waals surface area contributed by atoms with E-state index in [2.05, 4.69) is 36.4 Å². The molecule has 1 heterocycles. The summed E-state index contributed by atoms with van der Waals surface area (Å²) in [4.78, 5) is 20.2. The quantitative estimate of drug-likeness (QED) is 0.686. The number of nitrogens with one attached hydrogen (secondary N) is 1. The molecule has 0 saturated heterocycles. The maximum Gasteiger partial charge on any atom is 0.309 e. The van der Waals surface area contributed by atoms with Crippen LogP contribution in [0.4, 0.5) is 0 Å². The number of hydrogen-bond acceptors (Lipinski definition) is 4. The van der Waals surface area contributed by atoms with Crippen LogP contribution in [-0.2, 0) is 0 Å². The van der Waals surface area contributed by atoms with Crippen LogP contribution in [0.3, 0.4) is 0 Å². The summed E-state index contributed by atoms with van der Waals surface area (Å²) in [5.41, 5.74) is 5.62. The van der Waals surface area contributed by atoms with Crippen LogP contribution in [0.1, 0.15) is 34.5 Å². The third-order valence-electron chi connectivity index (χ3n) is 2.77. The molecule has 0 aliphatic rings. The van der Waals surface area contributed by atoms with Gasteiger partial charge in [-0.2, -0.15) is 5.10 Å². The van der Waals surface area contributed by atoms with Crippen molar-refractivity contribution >= 4 is 27.5 Å². The van der Waals surface area contributed by atoms with Gasteiger partial charge < -0.3 is 0 Å². The van der Waals surface area contributed by atoms with Crippen molar-refractivity contribution in [1.29, 1.82) is 0 Å². The molecule has 0 atom stereocenters. The van der Waals surface area contributed by atoms with Gasteiger partial charge >= 0.3 is 5.91 Å². The third kappa shape index (κ3) is 4.19. The van der Waals surface area contributed by atoms with E-state index in [4.69, 9.17) is 0 Å². The van der Waals surface area contributed by atoms with Gasteiger partial charge in [0.15, 0.2) is 0 Å². The molecule has 0 spiro atoms. The Kier molecular flexibility index (Phi) is 4.80. The average molecular weight is 347 g/mol. The summed E-state index contributed by atoms with van der Waals surface area (Å²) >= 11 is 3.37. The summed E-state index contributed by atoms with van der Waals surface area (Å²) in [5, 5.41) is 4.08. The molecule has 1 aromatic heterocycles. The topological polar surface area (TPSA) is 67.2 Å². The lowest BCUT2D eigenvalue weighted by atomic mass is 10.1. The maximum absolute atomic E-state index is 12.0. The zero-order valence-corrected chi connectivity index (χ0v) is 13.6. The number of hydrazone groups is 1. The van der Waals surface area contributed by atoms with Crippen molar-refractivity contribution < 1.29 is 4.79 Å². The Balaban J connectivity index is 2.12. The number of halogens is 1. The molecule has 0 radical (unpaired) electrons. The standard InChI is InChI=1S/C15H15BrN4O/c1-9-8-10(2)18-14(17-9)15(21)20-19-11(3)12-4-6-13(16)7-5-12/h4-8H,1-3H3,(H,20,21). The monoisotopic (exact) mass is 346 g/mol. The van der Waals surface area contributed by atoms with Crippen molar-refractivity contribution in [1.82, 2.24) is 15.4 Å². The summed E-state index contributed by atoms with van der Waals surface area (Å²) in [6.07, 6.45) is 0. The first-order valence-electron chi connectivity index (χ1n) is 6.38. The normalized spacial score (nSPS) is 11.3. The Bertz CT molecular complexity index is 675. The molecule has 1 N–H and O–H groups in total. The van der Waals surface area contributed by atoms with Crippen LogP contribution >= 0.6 is 15.9 Å². The predicted molar refractivity (Wildman–Crippen MR) is 85.3 cm³/mol. The molecule has 0 aliphatic heterocycles. The van der Waals surface area contributed by atoms with Gasteiger partial charge in [0, 0.05) is 15.9 Å². The van der Waals surface area contributed by atoms with E-state index in [1.165, 1.54) is 0 Å². The highest BCUT2D eigenvalue weighted by atomic mass is 79.9. The molecule has 0 unspecified atom stereocenters. The zero-order valence-electron chi connectivity index (χ0n) is 12.0. The van der Waals surface area contributed by atoms with E-state index in [-0.39, 0.29) is 5.82 Å². The third-order valence-corrected chi connectivity index (χ3v) is 3.30. The zero-order chi connectivity index (χ0) is 15.4. The summed E-state index contributed by atoms with van der Waals surface area (Å²) < 4.78 is 0.992. The van der Waals surface area contributed by atoms with Gasteiger partial charge in [-0.25, -0.2) is 15.4 Å². The molecule has 2 rings (SSSR count). The van der Waals surface area contributed by atoms with Crippen molar-refractivity contribution in [3.63, 3.8) is 0 Å². The fourth-order valence-electron chi connectivity index (χ4n) is 1.77. The maximum atomic E-state index is 12.0. The molecule has 1 amide bonds. The number of nitrogens with zero attached hydrogens (tertiary/aromatic N) is 3. The summed E-state index contributed by atoms with van der Waals surface area (Å²) in [6, 6.07) is 9.49. The Hall–Kier alpha value is -2.08. The van der Waals surface area contributed by atoms with E-state index in [1.54, 1.807) is 0 Å². The number of amides is 1. The second-order valence-electron chi connectivity index (χ2n) is 4.62. The van der Waals surface area contributed by atoms with Gasteiger partial charge in [-0.05, 0) is 44.5 Å². The molecular formula is C15H15BrN4O. The number of aryl methyl sites for hydroxylation is 2. The van der Waals surface area contributed by atoms with E-state index >= 15 is 0 Å². The largest absolute Gasteiger partial charge is 0.309 e. The molecular weight excluding hydrogens is 332 g/mol. The smallest absolute Gasteiger partial charge is 0.264 e. The molecule has 0 aliphatic carbocycles. The number of rotatable bonds is 3. The number of carbonyl (C=O) groups is 1. The minimum Gasteiger partial charge on any atom is -0.264 e. The number of carbonyl (C=O) groups excluding carboxylic acids is 1. The second-order valence-corrected chi connectivity index (χ2v) is 5.54. The highest BCUT2D eigenvalue weighted by molar-refractivity contribution is 9.10. The first-order valence-corrected chi connectivity index (χ1v) is 7.18. The van der Waals surface area contributed by atoms with Crippen LogP contribution in [0, 0.1) is 13.8 Å². The first-order chi connectivity index (χ1) is 9.95. The molecule has 0 bridgehead atoms. The Labute approximate surface area is 131 Å². The SMILES string of the molecule is CC(=NNC(=O)c1nc(C)cc(C)n1)c1ccc(Br)cc1. The van der Waals surface area contributed by atoms with Crippen molar-refractivity contribution in [2.45, 2.75) is 20.8 Å². The highest BCUT2D eigenvalue weighted by Crippen LogP contribution is 2.11. The molecule has 5 nitrogen and oxygen atoms in total. The van der Waals surface area contributed by atoms with Gasteiger partial charge in [0.05, 0.1) is 5.71 Å². The Morgan fingerprint density at radius 1 is 1.14 bits per heavy atom. The molecule has 21 heavy (non-hydrogen) atoms. The van der Waals surface area contributed by atoms with Crippen molar-refractivity contribution in [3.05, 3.63) is 57.6 Å². The van der Waals surface area contributed by atoms with Gasteiger partial charge in [0.25, 0.3) is 0 Å². The second kappa shape index (κ2) is 6.58. The number of benzene rings is 1. The average Bonchev–Trinajstić information content (AvgIpc) is 2.44. The van der Waals surface area contributed by atoms with Gasteiger partial charge in [0.2, 0.25) is 5.82 Å². The van der Waals surface area contributed by atoms with Crippen molar-refractivity contribution in [2.24, 2.45) is 5.10 Å². The lowest BCUT2D eigenvalue weighted by molar-refractivity contribution is 0.0944. The first kappa shape index (κ1) is 15.3. The van der Waals surface area contributed by atoms with Crippen LogP contribution < -0.4 is 5.43 Å². The predicted octanol–water partition coefficient (Wildman–Crippen LogP) is 3.01. The molecule has 1 aromatic carbocycles. The fraction of sp³-hybridized carbons (Fsp3) is 0.200. The van der Waals surface area contributed by atoms with E-state index in [1.807, 2.05) is 51.1 Å². The molecule has 6 heteroatoms. The molecule has 0 saturated carbocycles. The lowest BCUT2D eigenvalue weighted by Crippen LogP contribution is -2.22. The van der Waals surface area contributed by atoms with Gasteiger partial charge in [-0.3, -0.25) is 4.79 Å².